The summed E-state index contributed by atoms with van der Waals surface area (Å²) in [7, 11) is 0. The van der Waals surface area contributed by atoms with Crippen LogP contribution in [0.5, 0.6) is 0 Å². The van der Waals surface area contributed by atoms with Crippen molar-refractivity contribution in [1.29, 1.82) is 0 Å². The summed E-state index contributed by atoms with van der Waals surface area (Å²) in [6, 6.07) is 5.59. The molecule has 0 bridgehead atoms. The highest BCUT2D eigenvalue weighted by Gasteiger charge is 2.23. The summed E-state index contributed by atoms with van der Waals surface area (Å²) in [4.78, 5) is 18.6. The number of rotatable bonds is 4. The molecule has 23 heavy (non-hydrogen) atoms. The monoisotopic (exact) mass is 314 g/mol. The van der Waals surface area contributed by atoms with E-state index in [1.165, 1.54) is 5.56 Å². The molecule has 122 valence electrons. The van der Waals surface area contributed by atoms with Gasteiger partial charge in [0.15, 0.2) is 0 Å². The van der Waals surface area contributed by atoms with Crippen LogP contribution in [0.4, 0.5) is 0 Å². The quantitative estimate of drug-likeness (QED) is 0.935. The fourth-order valence-corrected chi connectivity index (χ4v) is 2.94. The van der Waals surface area contributed by atoms with Gasteiger partial charge in [0.05, 0.1) is 5.69 Å². The molecule has 0 saturated carbocycles. The molecule has 0 aromatic carbocycles. The lowest BCUT2D eigenvalue weighted by atomic mass is 10.0. The molecule has 1 amide bonds. The van der Waals surface area contributed by atoms with Gasteiger partial charge in [-0.1, -0.05) is 11.2 Å². The number of nitrogens with zero attached hydrogens (tertiary/aromatic N) is 3. The second-order valence-corrected chi connectivity index (χ2v) is 6.04. The Morgan fingerprint density at radius 1 is 1.35 bits per heavy atom. The molecule has 1 N–H and O–H groups in total. The molecule has 3 rings (SSSR count). The highest BCUT2D eigenvalue weighted by atomic mass is 16.5. The van der Waals surface area contributed by atoms with Crippen molar-refractivity contribution in [3.05, 3.63) is 47.1 Å². The molecule has 2 aromatic rings. The Morgan fingerprint density at radius 3 is 2.74 bits per heavy atom. The number of piperidine rings is 1. The summed E-state index contributed by atoms with van der Waals surface area (Å²) in [5, 5.41) is 7.08. The van der Waals surface area contributed by atoms with Crippen LogP contribution in [-0.4, -0.2) is 40.1 Å². The van der Waals surface area contributed by atoms with Crippen LogP contribution in [0.1, 0.15) is 40.3 Å². The van der Waals surface area contributed by atoms with Crippen molar-refractivity contribution in [2.24, 2.45) is 0 Å². The first-order chi connectivity index (χ1) is 11.1. The van der Waals surface area contributed by atoms with Crippen molar-refractivity contribution in [2.45, 2.75) is 39.3 Å². The predicted molar refractivity (Wildman–Crippen MR) is 86.0 cm³/mol. The number of pyridine rings is 1. The van der Waals surface area contributed by atoms with Crippen molar-refractivity contribution < 1.29 is 9.32 Å². The smallest absolute Gasteiger partial charge is 0.270 e. The molecule has 0 unspecified atom stereocenters. The number of nitrogens with one attached hydrogen (secondary N) is 1. The summed E-state index contributed by atoms with van der Waals surface area (Å²) in [6.07, 6.45) is 3.53. The Hall–Kier alpha value is -2.21. The third-order valence-corrected chi connectivity index (χ3v) is 4.38. The van der Waals surface area contributed by atoms with Crippen LogP contribution < -0.4 is 5.32 Å². The average molecular weight is 314 g/mol. The van der Waals surface area contributed by atoms with Crippen molar-refractivity contribution in [3.63, 3.8) is 0 Å². The molecule has 0 radical (unpaired) electrons. The molecule has 1 saturated heterocycles. The number of carbonyl (C=O) groups is 1. The molecule has 1 aliphatic heterocycles. The SMILES string of the molecule is Cc1noc(C)c1CN1CCC(NC(=O)c2ccccn2)CC1. The largest absolute Gasteiger partial charge is 0.361 e. The molecule has 3 heterocycles. The van der Waals surface area contributed by atoms with Gasteiger partial charge in [-0.2, -0.15) is 0 Å². The number of aromatic nitrogens is 2. The highest BCUT2D eigenvalue weighted by Crippen LogP contribution is 2.18. The Balaban J connectivity index is 1.50. The minimum atomic E-state index is -0.0882. The lowest BCUT2D eigenvalue weighted by Gasteiger charge is -2.32. The molecular weight excluding hydrogens is 292 g/mol. The molecule has 0 atom stereocenters. The summed E-state index contributed by atoms with van der Waals surface area (Å²) in [6.45, 7) is 6.71. The van der Waals surface area contributed by atoms with E-state index in [2.05, 4.69) is 20.4 Å². The first kappa shape index (κ1) is 15.7. The lowest BCUT2D eigenvalue weighted by molar-refractivity contribution is 0.0904. The topological polar surface area (TPSA) is 71.3 Å². The lowest BCUT2D eigenvalue weighted by Crippen LogP contribution is -2.44. The van der Waals surface area contributed by atoms with Gasteiger partial charge < -0.3 is 9.84 Å². The Kier molecular flexibility index (Phi) is 4.71. The van der Waals surface area contributed by atoms with Gasteiger partial charge in [-0.25, -0.2) is 0 Å². The maximum Gasteiger partial charge on any atom is 0.270 e. The zero-order valence-corrected chi connectivity index (χ0v) is 13.6. The van der Waals surface area contributed by atoms with Crippen LogP contribution in [0.25, 0.3) is 0 Å². The van der Waals surface area contributed by atoms with E-state index in [-0.39, 0.29) is 11.9 Å². The minimum Gasteiger partial charge on any atom is -0.361 e. The van der Waals surface area contributed by atoms with Crippen molar-refractivity contribution >= 4 is 5.91 Å². The Morgan fingerprint density at radius 2 is 2.13 bits per heavy atom. The van der Waals surface area contributed by atoms with E-state index in [0.717, 1.165) is 43.9 Å². The van der Waals surface area contributed by atoms with E-state index in [1.807, 2.05) is 26.0 Å². The number of amides is 1. The fourth-order valence-electron chi connectivity index (χ4n) is 2.94. The predicted octanol–water partition coefficient (Wildman–Crippen LogP) is 2.08. The van der Waals surface area contributed by atoms with Gasteiger partial charge in [-0.05, 0) is 38.8 Å². The van der Waals surface area contributed by atoms with Crippen LogP contribution in [0, 0.1) is 13.8 Å². The van der Waals surface area contributed by atoms with Gasteiger partial charge in [-0.15, -0.1) is 0 Å². The minimum absolute atomic E-state index is 0.0882. The summed E-state index contributed by atoms with van der Waals surface area (Å²) in [5.41, 5.74) is 2.62. The Labute approximate surface area is 135 Å². The zero-order valence-electron chi connectivity index (χ0n) is 13.6. The highest BCUT2D eigenvalue weighted by molar-refractivity contribution is 5.92. The molecule has 6 heteroatoms. The molecule has 6 nitrogen and oxygen atoms in total. The number of likely N-dealkylation sites (tertiary alicyclic amines) is 1. The van der Waals surface area contributed by atoms with Crippen LogP contribution in [0.3, 0.4) is 0 Å². The third-order valence-electron chi connectivity index (χ3n) is 4.38. The zero-order chi connectivity index (χ0) is 16.2. The van der Waals surface area contributed by atoms with Crippen molar-refractivity contribution in [3.8, 4) is 0 Å². The molecule has 1 fully saturated rings. The number of aryl methyl sites for hydroxylation is 2. The normalized spacial score (nSPS) is 16.4. The van der Waals surface area contributed by atoms with Crippen LogP contribution >= 0.6 is 0 Å². The number of carbonyl (C=O) groups excluding carboxylic acids is 1. The van der Waals surface area contributed by atoms with E-state index in [0.29, 0.717) is 5.69 Å². The number of hydrogen-bond donors (Lipinski definition) is 1. The van der Waals surface area contributed by atoms with Gasteiger partial charge >= 0.3 is 0 Å². The maximum atomic E-state index is 12.1. The second kappa shape index (κ2) is 6.91. The van der Waals surface area contributed by atoms with Gasteiger partial charge in [0.1, 0.15) is 11.5 Å². The number of hydrogen-bond acceptors (Lipinski definition) is 5. The van der Waals surface area contributed by atoms with Crippen LogP contribution in [0.15, 0.2) is 28.9 Å². The van der Waals surface area contributed by atoms with Gasteiger partial charge in [0, 0.05) is 37.4 Å². The van der Waals surface area contributed by atoms with E-state index in [4.69, 9.17) is 4.52 Å². The second-order valence-electron chi connectivity index (χ2n) is 6.04. The van der Waals surface area contributed by atoms with Gasteiger partial charge in [0.25, 0.3) is 5.91 Å². The van der Waals surface area contributed by atoms with Crippen molar-refractivity contribution in [1.82, 2.24) is 20.4 Å². The molecular formula is C17H22N4O2. The first-order valence-electron chi connectivity index (χ1n) is 7.99. The third kappa shape index (κ3) is 3.76. The van der Waals surface area contributed by atoms with Crippen LogP contribution in [-0.2, 0) is 6.54 Å². The summed E-state index contributed by atoms with van der Waals surface area (Å²) >= 11 is 0. The maximum absolute atomic E-state index is 12.1. The van der Waals surface area contributed by atoms with Crippen molar-refractivity contribution in [2.75, 3.05) is 13.1 Å². The fraction of sp³-hybridized carbons (Fsp3) is 0.471. The Bertz CT molecular complexity index is 641. The van der Waals surface area contributed by atoms with E-state index < -0.39 is 0 Å². The first-order valence-corrected chi connectivity index (χ1v) is 7.99. The standard InChI is InChI=1S/C17H22N4O2/c1-12-15(13(2)23-20-12)11-21-9-6-14(7-10-21)19-17(22)16-5-3-4-8-18-16/h3-5,8,14H,6-7,9-11H2,1-2H3,(H,19,22). The van der Waals surface area contributed by atoms with E-state index in [1.54, 1.807) is 12.3 Å². The summed E-state index contributed by atoms with van der Waals surface area (Å²) in [5.74, 6) is 0.808. The average Bonchev–Trinajstić information content (AvgIpc) is 2.89. The molecule has 1 aliphatic rings. The van der Waals surface area contributed by atoms with Crippen LogP contribution in [0.2, 0.25) is 0 Å². The molecule has 2 aromatic heterocycles. The van der Waals surface area contributed by atoms with Gasteiger partial charge in [0.2, 0.25) is 0 Å². The summed E-state index contributed by atoms with van der Waals surface area (Å²) < 4.78 is 5.22. The molecule has 0 aliphatic carbocycles. The van der Waals surface area contributed by atoms with E-state index in [9.17, 15) is 4.79 Å². The molecule has 0 spiro atoms. The van der Waals surface area contributed by atoms with Gasteiger partial charge in [-0.3, -0.25) is 14.7 Å². The van der Waals surface area contributed by atoms with E-state index >= 15 is 0 Å².